The van der Waals surface area contributed by atoms with Crippen LogP contribution in [-0.2, 0) is 6.54 Å². The minimum absolute atomic E-state index is 0.506. The van der Waals surface area contributed by atoms with Crippen LogP contribution in [0.1, 0.15) is 71.0 Å². The summed E-state index contributed by atoms with van der Waals surface area (Å²) in [6.45, 7) is 7.67. The van der Waals surface area contributed by atoms with Crippen LogP contribution >= 0.6 is 0 Å². The Kier molecular flexibility index (Phi) is 5.44. The summed E-state index contributed by atoms with van der Waals surface area (Å²) < 4.78 is 2.09. The molecule has 1 aliphatic rings. The molecule has 1 N–H and O–H groups in total. The average Bonchev–Trinajstić information content (AvgIpc) is 2.93. The molecule has 1 aliphatic carbocycles. The second-order valence-electron chi connectivity index (χ2n) is 5.98. The van der Waals surface area contributed by atoms with Crippen molar-refractivity contribution >= 4 is 0 Å². The van der Waals surface area contributed by atoms with E-state index in [2.05, 4.69) is 48.1 Å². The van der Waals surface area contributed by atoms with E-state index in [0.717, 1.165) is 18.9 Å². The summed E-state index contributed by atoms with van der Waals surface area (Å²) in [5.74, 6) is 0.866. The molecular formula is C16H29N3. The van der Waals surface area contributed by atoms with E-state index >= 15 is 0 Å². The van der Waals surface area contributed by atoms with E-state index in [1.54, 1.807) is 0 Å². The number of hydrogen-bond donors (Lipinski definition) is 1. The molecule has 0 aliphatic heterocycles. The van der Waals surface area contributed by atoms with E-state index in [-0.39, 0.29) is 0 Å². The third-order valence-electron chi connectivity index (χ3n) is 4.68. The summed E-state index contributed by atoms with van der Waals surface area (Å²) in [6, 6.07) is 3.36. The van der Waals surface area contributed by atoms with Crippen LogP contribution in [0.4, 0.5) is 0 Å². The zero-order valence-electron chi connectivity index (χ0n) is 12.7. The highest BCUT2D eigenvalue weighted by Crippen LogP contribution is 2.26. The Hall–Kier alpha value is -0.830. The van der Waals surface area contributed by atoms with Crippen LogP contribution in [0.5, 0.6) is 0 Å². The summed E-state index contributed by atoms with van der Waals surface area (Å²) in [6.07, 6.45) is 10.1. The maximum absolute atomic E-state index is 4.67. The zero-order chi connectivity index (χ0) is 13.7. The molecular weight excluding hydrogens is 234 g/mol. The van der Waals surface area contributed by atoms with E-state index in [0.29, 0.717) is 12.1 Å². The van der Waals surface area contributed by atoms with Crippen molar-refractivity contribution in [1.29, 1.82) is 0 Å². The Morgan fingerprint density at radius 3 is 2.89 bits per heavy atom. The Morgan fingerprint density at radius 2 is 2.16 bits per heavy atom. The maximum atomic E-state index is 4.67. The molecule has 0 saturated heterocycles. The van der Waals surface area contributed by atoms with Gasteiger partial charge in [-0.15, -0.1) is 0 Å². The Morgan fingerprint density at radius 1 is 1.37 bits per heavy atom. The Bertz CT molecular complexity index is 372. The van der Waals surface area contributed by atoms with Crippen molar-refractivity contribution in [2.75, 3.05) is 0 Å². The van der Waals surface area contributed by atoms with Crippen LogP contribution in [-0.4, -0.2) is 15.8 Å². The lowest BCUT2D eigenvalue weighted by Gasteiger charge is -2.31. The fourth-order valence-electron chi connectivity index (χ4n) is 3.10. The quantitative estimate of drug-likeness (QED) is 0.843. The van der Waals surface area contributed by atoms with Crippen LogP contribution in [0.15, 0.2) is 12.3 Å². The van der Waals surface area contributed by atoms with E-state index in [1.165, 1.54) is 37.8 Å². The minimum atomic E-state index is 0.506. The predicted molar refractivity (Wildman–Crippen MR) is 80.1 cm³/mol. The molecule has 3 nitrogen and oxygen atoms in total. The third-order valence-corrected chi connectivity index (χ3v) is 4.68. The highest BCUT2D eigenvalue weighted by molar-refractivity contribution is 5.00. The van der Waals surface area contributed by atoms with E-state index in [1.807, 2.05) is 0 Å². The van der Waals surface area contributed by atoms with Crippen molar-refractivity contribution in [2.24, 2.45) is 5.92 Å². The fraction of sp³-hybridized carbons (Fsp3) is 0.812. The maximum Gasteiger partial charge on any atom is 0.0762 e. The van der Waals surface area contributed by atoms with Gasteiger partial charge in [0.1, 0.15) is 0 Å². The highest BCUT2D eigenvalue weighted by atomic mass is 15.3. The number of rotatable bonds is 6. The van der Waals surface area contributed by atoms with Gasteiger partial charge in [0.05, 0.1) is 5.69 Å². The van der Waals surface area contributed by atoms with Crippen molar-refractivity contribution in [3.05, 3.63) is 18.0 Å². The smallest absolute Gasteiger partial charge is 0.0762 e. The summed E-state index contributed by atoms with van der Waals surface area (Å²) in [5, 5.41) is 8.40. The van der Waals surface area contributed by atoms with Crippen molar-refractivity contribution in [2.45, 2.75) is 77.9 Å². The molecule has 0 amide bonds. The Balaban J connectivity index is 1.85. The summed E-state index contributed by atoms with van der Waals surface area (Å²) in [7, 11) is 0. The lowest BCUT2D eigenvalue weighted by atomic mass is 9.83. The first-order valence-corrected chi connectivity index (χ1v) is 8.02. The van der Waals surface area contributed by atoms with E-state index in [4.69, 9.17) is 0 Å². The first-order valence-electron chi connectivity index (χ1n) is 8.02. The van der Waals surface area contributed by atoms with Crippen molar-refractivity contribution in [1.82, 2.24) is 15.1 Å². The molecule has 1 saturated carbocycles. The van der Waals surface area contributed by atoms with Crippen LogP contribution in [0, 0.1) is 5.92 Å². The SMILES string of the molecule is CCC1CCCCC1NCc1ccn(C(C)CC)n1. The molecule has 1 aromatic heterocycles. The van der Waals surface area contributed by atoms with Gasteiger partial charge < -0.3 is 5.32 Å². The first-order chi connectivity index (χ1) is 9.24. The zero-order valence-corrected chi connectivity index (χ0v) is 12.7. The van der Waals surface area contributed by atoms with Gasteiger partial charge in [0, 0.05) is 24.8 Å². The number of nitrogens with one attached hydrogen (secondary N) is 1. The molecule has 2 rings (SSSR count). The molecule has 19 heavy (non-hydrogen) atoms. The number of hydrogen-bond acceptors (Lipinski definition) is 2. The lowest BCUT2D eigenvalue weighted by Crippen LogP contribution is -2.37. The summed E-state index contributed by atoms with van der Waals surface area (Å²) in [5.41, 5.74) is 1.18. The molecule has 1 fully saturated rings. The lowest BCUT2D eigenvalue weighted by molar-refractivity contribution is 0.253. The standard InChI is InChI=1S/C16H29N3/c1-4-13(3)19-11-10-15(18-19)12-17-16-9-7-6-8-14(16)5-2/h10-11,13-14,16-17H,4-9,12H2,1-3H3. The van der Waals surface area contributed by atoms with Crippen molar-refractivity contribution in [3.63, 3.8) is 0 Å². The molecule has 0 aromatic carbocycles. The molecule has 3 unspecified atom stereocenters. The van der Waals surface area contributed by atoms with Gasteiger partial charge in [0.2, 0.25) is 0 Å². The van der Waals surface area contributed by atoms with Gasteiger partial charge in [-0.2, -0.15) is 5.10 Å². The summed E-state index contributed by atoms with van der Waals surface area (Å²) in [4.78, 5) is 0. The second kappa shape index (κ2) is 7.09. The topological polar surface area (TPSA) is 29.9 Å². The van der Waals surface area contributed by atoms with Gasteiger partial charge in [0.25, 0.3) is 0 Å². The van der Waals surface area contributed by atoms with E-state index in [9.17, 15) is 0 Å². The average molecular weight is 263 g/mol. The predicted octanol–water partition coefficient (Wildman–Crippen LogP) is 3.91. The number of nitrogens with zero attached hydrogens (tertiary/aromatic N) is 2. The van der Waals surface area contributed by atoms with Gasteiger partial charge in [-0.05, 0) is 38.2 Å². The summed E-state index contributed by atoms with van der Waals surface area (Å²) >= 11 is 0. The monoisotopic (exact) mass is 263 g/mol. The molecule has 1 aromatic rings. The molecule has 3 atom stereocenters. The van der Waals surface area contributed by atoms with Gasteiger partial charge in [-0.3, -0.25) is 4.68 Å². The molecule has 108 valence electrons. The van der Waals surface area contributed by atoms with Crippen LogP contribution in [0.25, 0.3) is 0 Å². The Labute approximate surface area is 117 Å². The normalized spacial score (nSPS) is 25.4. The fourth-order valence-corrected chi connectivity index (χ4v) is 3.10. The largest absolute Gasteiger partial charge is 0.308 e. The minimum Gasteiger partial charge on any atom is -0.308 e. The first kappa shape index (κ1) is 14.6. The second-order valence-corrected chi connectivity index (χ2v) is 5.98. The van der Waals surface area contributed by atoms with Crippen LogP contribution in [0.3, 0.4) is 0 Å². The van der Waals surface area contributed by atoms with Gasteiger partial charge in [-0.1, -0.05) is 33.1 Å². The van der Waals surface area contributed by atoms with Gasteiger partial charge >= 0.3 is 0 Å². The van der Waals surface area contributed by atoms with Gasteiger partial charge in [0.15, 0.2) is 0 Å². The molecule has 3 heteroatoms. The molecule has 1 heterocycles. The molecule has 0 spiro atoms. The molecule has 0 radical (unpaired) electrons. The van der Waals surface area contributed by atoms with Crippen LogP contribution in [0.2, 0.25) is 0 Å². The van der Waals surface area contributed by atoms with Gasteiger partial charge in [-0.25, -0.2) is 0 Å². The van der Waals surface area contributed by atoms with Crippen molar-refractivity contribution < 1.29 is 0 Å². The number of aromatic nitrogens is 2. The molecule has 0 bridgehead atoms. The van der Waals surface area contributed by atoms with E-state index < -0.39 is 0 Å². The highest BCUT2D eigenvalue weighted by Gasteiger charge is 2.23. The van der Waals surface area contributed by atoms with Crippen LogP contribution < -0.4 is 5.32 Å². The van der Waals surface area contributed by atoms with Crippen molar-refractivity contribution in [3.8, 4) is 0 Å². The third kappa shape index (κ3) is 3.82.